The summed E-state index contributed by atoms with van der Waals surface area (Å²) in [5, 5.41) is 35.1. The Labute approximate surface area is 110 Å². The van der Waals surface area contributed by atoms with E-state index in [1.54, 1.807) is 0 Å². The van der Waals surface area contributed by atoms with Crippen LogP contribution in [0.25, 0.3) is 0 Å². The molecule has 4 N–H and O–H groups in total. The minimum atomic E-state index is -1.19. The minimum Gasteiger partial charge on any atom is -0.480 e. The molecule has 17 heavy (non-hydrogen) atoms. The van der Waals surface area contributed by atoms with Gasteiger partial charge in [-0.25, -0.2) is 0 Å². The van der Waals surface area contributed by atoms with Gasteiger partial charge in [0.05, 0.1) is 12.2 Å². The molecule has 7 heteroatoms. The van der Waals surface area contributed by atoms with Crippen molar-refractivity contribution in [3.05, 3.63) is 0 Å². The van der Waals surface area contributed by atoms with Crippen molar-refractivity contribution in [1.29, 1.82) is 0 Å². The Bertz CT molecular complexity index is 225. The molecule has 0 heterocycles. The van der Waals surface area contributed by atoms with Gasteiger partial charge in [0, 0.05) is 6.42 Å². The lowest BCUT2D eigenvalue weighted by atomic mass is 10.0. The van der Waals surface area contributed by atoms with Crippen molar-refractivity contribution in [3.8, 4) is 0 Å². The summed E-state index contributed by atoms with van der Waals surface area (Å²) in [5.41, 5.74) is -0.925. The molecule has 4 unspecified atom stereocenters. The van der Waals surface area contributed by atoms with Crippen molar-refractivity contribution in [2.45, 2.75) is 55.3 Å². The highest BCUT2D eigenvalue weighted by Gasteiger charge is 2.20. The molecule has 0 spiro atoms. The Hall–Kier alpha value is -0.0700. The van der Waals surface area contributed by atoms with E-state index in [4.69, 9.17) is 33.4 Å². The Balaban J connectivity index is 3.72. The summed E-state index contributed by atoms with van der Waals surface area (Å²) in [6, 6.07) is 0. The zero-order chi connectivity index (χ0) is 13.4. The maximum atomic E-state index is 10.4. The number of carboxylic acid groups (broad SMARTS) is 1. The van der Waals surface area contributed by atoms with Crippen LogP contribution in [0.3, 0.4) is 0 Å². The van der Waals surface area contributed by atoms with Gasteiger partial charge in [-0.2, -0.15) is 0 Å². The molecule has 0 aromatic carbocycles. The molecule has 0 rings (SSSR count). The molecule has 0 saturated carbocycles. The fourth-order valence-electron chi connectivity index (χ4n) is 1.39. The summed E-state index contributed by atoms with van der Waals surface area (Å²) in [7, 11) is 0. The highest BCUT2D eigenvalue weighted by Crippen LogP contribution is 2.14. The molecule has 0 aromatic heterocycles. The summed E-state index contributed by atoms with van der Waals surface area (Å²) in [6.45, 7) is 0. The number of carboxylic acids is 1. The van der Waals surface area contributed by atoms with Gasteiger partial charge in [-0.3, -0.25) is 4.79 Å². The highest BCUT2D eigenvalue weighted by molar-refractivity contribution is 6.29. The van der Waals surface area contributed by atoms with Crippen molar-refractivity contribution in [3.63, 3.8) is 0 Å². The average molecular weight is 289 g/mol. The van der Waals surface area contributed by atoms with Crippen molar-refractivity contribution >= 4 is 29.2 Å². The molecule has 102 valence electrons. The molecule has 0 fully saturated rings. The van der Waals surface area contributed by atoms with E-state index in [9.17, 15) is 15.0 Å². The summed E-state index contributed by atoms with van der Waals surface area (Å²) < 4.78 is 0. The topological polar surface area (TPSA) is 98.0 Å². The highest BCUT2D eigenvalue weighted by atomic mass is 35.5. The third-order valence-electron chi connectivity index (χ3n) is 2.27. The quantitative estimate of drug-likeness (QED) is 0.473. The average Bonchev–Trinajstić information content (AvgIpc) is 2.16. The Morgan fingerprint density at radius 2 is 1.59 bits per heavy atom. The van der Waals surface area contributed by atoms with Crippen LogP contribution in [0.15, 0.2) is 0 Å². The second kappa shape index (κ2) is 8.94. The van der Waals surface area contributed by atoms with Crippen molar-refractivity contribution in [2.24, 2.45) is 0 Å². The van der Waals surface area contributed by atoms with Gasteiger partial charge in [-0.1, -0.05) is 11.6 Å². The van der Waals surface area contributed by atoms with Crippen LogP contribution >= 0.6 is 23.2 Å². The molecule has 0 aliphatic heterocycles. The second-order valence-electron chi connectivity index (χ2n) is 3.95. The van der Waals surface area contributed by atoms with Crippen LogP contribution in [0.5, 0.6) is 0 Å². The fraction of sp³-hybridized carbons (Fsp3) is 0.900. The molecule has 0 radical (unpaired) electrons. The lowest BCUT2D eigenvalue weighted by Crippen LogP contribution is -2.24. The van der Waals surface area contributed by atoms with Gasteiger partial charge in [-0.15, -0.1) is 11.6 Å². The summed E-state index contributed by atoms with van der Waals surface area (Å²) in [4.78, 5) is 10.4. The molecular formula is C10H18Cl2O5. The van der Waals surface area contributed by atoms with E-state index in [0.29, 0.717) is 19.3 Å². The molecule has 4 atom stereocenters. The standard InChI is InChI=1S/C10H18Cl2O5/c11-8(10(16)17)5-7(14)4-6(13)2-1-3-9(12)15/h6-9,13-15H,1-5H2,(H,16,17). The first-order chi connectivity index (χ1) is 7.82. The van der Waals surface area contributed by atoms with E-state index < -0.39 is 29.1 Å². The molecule has 0 aliphatic carbocycles. The van der Waals surface area contributed by atoms with E-state index in [2.05, 4.69) is 0 Å². The van der Waals surface area contributed by atoms with Gasteiger partial charge in [0.25, 0.3) is 0 Å². The van der Waals surface area contributed by atoms with E-state index in [0.717, 1.165) is 0 Å². The Morgan fingerprint density at radius 3 is 2.06 bits per heavy atom. The van der Waals surface area contributed by atoms with Crippen LogP contribution in [0.4, 0.5) is 0 Å². The summed E-state index contributed by atoms with van der Waals surface area (Å²) in [5.74, 6) is -1.19. The van der Waals surface area contributed by atoms with Crippen LogP contribution in [-0.2, 0) is 4.79 Å². The molecule has 0 bridgehead atoms. The summed E-state index contributed by atoms with van der Waals surface area (Å²) in [6.07, 6.45) is -0.464. The number of aliphatic hydroxyl groups is 3. The Kier molecular flexibility index (Phi) is 8.90. The van der Waals surface area contributed by atoms with E-state index in [1.807, 2.05) is 0 Å². The van der Waals surface area contributed by atoms with Crippen molar-refractivity contribution < 1.29 is 25.2 Å². The van der Waals surface area contributed by atoms with Crippen molar-refractivity contribution in [2.75, 3.05) is 0 Å². The van der Waals surface area contributed by atoms with E-state index in [-0.39, 0.29) is 12.8 Å². The number of alkyl halides is 2. The number of halogens is 2. The number of rotatable bonds is 9. The third-order valence-corrected chi connectivity index (χ3v) is 2.85. The van der Waals surface area contributed by atoms with Gasteiger partial charge in [0.15, 0.2) is 0 Å². The number of hydrogen-bond donors (Lipinski definition) is 4. The van der Waals surface area contributed by atoms with Crippen LogP contribution < -0.4 is 0 Å². The monoisotopic (exact) mass is 288 g/mol. The number of aliphatic hydroxyl groups excluding tert-OH is 3. The number of carbonyl (C=O) groups is 1. The van der Waals surface area contributed by atoms with Crippen LogP contribution in [-0.4, -0.2) is 49.5 Å². The first-order valence-electron chi connectivity index (χ1n) is 5.38. The maximum absolute atomic E-state index is 10.4. The largest absolute Gasteiger partial charge is 0.480 e. The number of aliphatic carboxylic acids is 1. The molecular weight excluding hydrogens is 271 g/mol. The van der Waals surface area contributed by atoms with Gasteiger partial charge < -0.3 is 20.4 Å². The molecule has 5 nitrogen and oxygen atoms in total. The predicted molar refractivity (Wildman–Crippen MR) is 64.2 cm³/mol. The summed E-state index contributed by atoms with van der Waals surface area (Å²) >= 11 is 10.8. The molecule has 0 saturated heterocycles. The maximum Gasteiger partial charge on any atom is 0.321 e. The Morgan fingerprint density at radius 1 is 1.00 bits per heavy atom. The smallest absolute Gasteiger partial charge is 0.321 e. The van der Waals surface area contributed by atoms with Crippen LogP contribution in [0.2, 0.25) is 0 Å². The molecule has 0 aromatic rings. The lowest BCUT2D eigenvalue weighted by molar-refractivity contribution is -0.137. The van der Waals surface area contributed by atoms with Crippen molar-refractivity contribution in [1.82, 2.24) is 0 Å². The zero-order valence-electron chi connectivity index (χ0n) is 9.30. The van der Waals surface area contributed by atoms with Gasteiger partial charge in [-0.05, 0) is 25.7 Å². The second-order valence-corrected chi connectivity index (χ2v) is 4.98. The molecule has 0 amide bonds. The van der Waals surface area contributed by atoms with Gasteiger partial charge >= 0.3 is 5.97 Å². The third kappa shape index (κ3) is 9.62. The van der Waals surface area contributed by atoms with E-state index in [1.165, 1.54) is 0 Å². The normalized spacial score (nSPS) is 18.4. The first-order valence-corrected chi connectivity index (χ1v) is 6.25. The SMILES string of the molecule is O=C(O)C(Cl)CC(O)CC(O)CCCC(O)Cl. The van der Waals surface area contributed by atoms with Gasteiger partial charge in [0.1, 0.15) is 10.9 Å². The minimum absolute atomic E-state index is 0.0644. The molecule has 0 aliphatic rings. The number of hydrogen-bond acceptors (Lipinski definition) is 4. The zero-order valence-corrected chi connectivity index (χ0v) is 10.8. The van der Waals surface area contributed by atoms with E-state index >= 15 is 0 Å². The van der Waals surface area contributed by atoms with Gasteiger partial charge in [0.2, 0.25) is 0 Å². The first kappa shape index (κ1) is 16.9. The van der Waals surface area contributed by atoms with Crippen LogP contribution in [0.1, 0.15) is 32.1 Å². The predicted octanol–water partition coefficient (Wildman–Crippen LogP) is 0.908. The lowest BCUT2D eigenvalue weighted by Gasteiger charge is -2.16. The fourth-order valence-corrected chi connectivity index (χ4v) is 1.75. The van der Waals surface area contributed by atoms with Crippen LogP contribution in [0, 0.1) is 0 Å².